The van der Waals surface area contributed by atoms with Crippen LogP contribution in [0.3, 0.4) is 0 Å². The number of nitriles is 1. The van der Waals surface area contributed by atoms with Gasteiger partial charge in [0, 0.05) is 12.1 Å². The summed E-state index contributed by atoms with van der Waals surface area (Å²) in [6.45, 7) is 3.93. The second-order valence-corrected chi connectivity index (χ2v) is 8.63. The standard InChI is InChI=1S/C25H25N3O5S/c1-16-6-8-19(12-17(16)2)27-23(29)15-28-24(30)22(34-25(28)31)14-18-7-9-20(21(13-18)32-3)33-11-5-4-10-26/h6-9,12-14H,4-5,11,15H2,1-3H3,(H,27,29). The number of benzene rings is 2. The molecule has 176 valence electrons. The van der Waals surface area contributed by atoms with E-state index < -0.39 is 17.1 Å². The number of imide groups is 1. The van der Waals surface area contributed by atoms with Crippen LogP contribution in [0, 0.1) is 25.2 Å². The fourth-order valence-corrected chi connectivity index (χ4v) is 4.02. The highest BCUT2D eigenvalue weighted by molar-refractivity contribution is 8.18. The number of hydrogen-bond donors (Lipinski definition) is 1. The van der Waals surface area contributed by atoms with Crippen molar-refractivity contribution in [2.24, 2.45) is 0 Å². The Labute approximate surface area is 202 Å². The molecule has 2 aromatic carbocycles. The highest BCUT2D eigenvalue weighted by atomic mass is 32.2. The maximum absolute atomic E-state index is 12.8. The van der Waals surface area contributed by atoms with Gasteiger partial charge >= 0.3 is 0 Å². The molecule has 1 fully saturated rings. The van der Waals surface area contributed by atoms with E-state index in [1.807, 2.05) is 26.0 Å². The molecule has 8 nitrogen and oxygen atoms in total. The molecule has 0 aliphatic carbocycles. The van der Waals surface area contributed by atoms with Crippen LogP contribution in [-0.4, -0.2) is 42.2 Å². The number of rotatable bonds is 9. The number of carbonyl (C=O) groups excluding carboxylic acids is 3. The first-order valence-electron chi connectivity index (χ1n) is 10.6. The lowest BCUT2D eigenvalue weighted by Crippen LogP contribution is -2.36. The second kappa shape index (κ2) is 11.4. The Morgan fingerprint density at radius 3 is 2.65 bits per heavy atom. The molecule has 0 bridgehead atoms. The zero-order valence-corrected chi connectivity index (χ0v) is 20.0. The molecular weight excluding hydrogens is 454 g/mol. The van der Waals surface area contributed by atoms with E-state index in [-0.39, 0.29) is 11.4 Å². The minimum atomic E-state index is -0.527. The summed E-state index contributed by atoms with van der Waals surface area (Å²) in [5.74, 6) is 0.0128. The first-order chi connectivity index (χ1) is 16.3. The third-order valence-corrected chi connectivity index (χ3v) is 6.05. The summed E-state index contributed by atoms with van der Waals surface area (Å²) in [6.07, 6.45) is 2.58. The quantitative estimate of drug-likeness (QED) is 0.411. The molecule has 0 aromatic heterocycles. The Morgan fingerprint density at radius 2 is 1.94 bits per heavy atom. The minimum Gasteiger partial charge on any atom is -0.493 e. The number of nitrogens with zero attached hydrogens (tertiary/aromatic N) is 2. The molecular formula is C25H25N3O5S. The number of hydrogen-bond acceptors (Lipinski definition) is 7. The highest BCUT2D eigenvalue weighted by Gasteiger charge is 2.36. The number of amides is 3. The molecule has 3 rings (SSSR count). The smallest absolute Gasteiger partial charge is 0.294 e. The van der Waals surface area contributed by atoms with Crippen LogP contribution in [0.25, 0.3) is 6.08 Å². The summed E-state index contributed by atoms with van der Waals surface area (Å²) in [6, 6.07) is 12.7. The maximum atomic E-state index is 12.8. The number of ether oxygens (including phenoxy) is 2. The fourth-order valence-electron chi connectivity index (χ4n) is 3.18. The van der Waals surface area contributed by atoms with Crippen LogP contribution in [0.15, 0.2) is 41.3 Å². The molecule has 1 aliphatic heterocycles. The topological polar surface area (TPSA) is 109 Å². The molecule has 3 amide bonds. The van der Waals surface area contributed by atoms with Crippen molar-refractivity contribution in [3.63, 3.8) is 0 Å². The SMILES string of the molecule is COc1cc(C=C2SC(=O)N(CC(=O)Nc3ccc(C)c(C)c3)C2=O)ccc1OCCCC#N. The van der Waals surface area contributed by atoms with Crippen LogP contribution in [0.1, 0.15) is 29.5 Å². The zero-order valence-electron chi connectivity index (χ0n) is 19.2. The Kier molecular flexibility index (Phi) is 8.33. The molecule has 0 radical (unpaired) electrons. The summed E-state index contributed by atoms with van der Waals surface area (Å²) in [4.78, 5) is 38.8. The summed E-state index contributed by atoms with van der Waals surface area (Å²) in [7, 11) is 1.50. The van der Waals surface area contributed by atoms with Crippen LogP contribution in [0.4, 0.5) is 10.5 Å². The average molecular weight is 480 g/mol. The van der Waals surface area contributed by atoms with Crippen molar-refractivity contribution in [1.82, 2.24) is 4.90 Å². The Bertz CT molecular complexity index is 1190. The lowest BCUT2D eigenvalue weighted by atomic mass is 10.1. The van der Waals surface area contributed by atoms with Gasteiger partial charge in [0.2, 0.25) is 5.91 Å². The van der Waals surface area contributed by atoms with Crippen LogP contribution in [0.2, 0.25) is 0 Å². The average Bonchev–Trinajstić information content (AvgIpc) is 3.07. The summed E-state index contributed by atoms with van der Waals surface area (Å²) >= 11 is 0.782. The van der Waals surface area contributed by atoms with Crippen molar-refractivity contribution in [2.75, 3.05) is 25.6 Å². The summed E-state index contributed by atoms with van der Waals surface area (Å²) in [5.41, 5.74) is 3.38. The lowest BCUT2D eigenvalue weighted by molar-refractivity contribution is -0.127. The van der Waals surface area contributed by atoms with Gasteiger partial charge in [0.05, 0.1) is 24.7 Å². The van der Waals surface area contributed by atoms with Crippen molar-refractivity contribution in [2.45, 2.75) is 26.7 Å². The molecule has 1 heterocycles. The van der Waals surface area contributed by atoms with E-state index in [0.29, 0.717) is 42.2 Å². The highest BCUT2D eigenvalue weighted by Crippen LogP contribution is 2.34. The predicted molar refractivity (Wildman–Crippen MR) is 131 cm³/mol. The van der Waals surface area contributed by atoms with Crippen molar-refractivity contribution in [3.05, 3.63) is 58.0 Å². The molecule has 2 aromatic rings. The molecule has 1 N–H and O–H groups in total. The predicted octanol–water partition coefficient (Wildman–Crippen LogP) is 4.67. The van der Waals surface area contributed by atoms with Gasteiger partial charge in [0.1, 0.15) is 6.54 Å². The number of anilines is 1. The number of aryl methyl sites for hydroxylation is 2. The van der Waals surface area contributed by atoms with Crippen molar-refractivity contribution in [3.8, 4) is 17.6 Å². The molecule has 34 heavy (non-hydrogen) atoms. The van der Waals surface area contributed by atoms with Crippen LogP contribution < -0.4 is 14.8 Å². The Hall–Kier alpha value is -3.77. The van der Waals surface area contributed by atoms with Crippen LogP contribution >= 0.6 is 11.8 Å². The third-order valence-electron chi connectivity index (χ3n) is 5.14. The summed E-state index contributed by atoms with van der Waals surface area (Å²) < 4.78 is 11.0. The van der Waals surface area contributed by atoms with E-state index in [0.717, 1.165) is 27.8 Å². The fraction of sp³-hybridized carbons (Fsp3) is 0.280. The number of unbranched alkanes of at least 4 members (excludes halogenated alkanes) is 1. The van der Waals surface area contributed by atoms with Gasteiger partial charge < -0.3 is 14.8 Å². The normalized spacial score (nSPS) is 14.3. The minimum absolute atomic E-state index is 0.216. The lowest BCUT2D eigenvalue weighted by Gasteiger charge is -2.13. The van der Waals surface area contributed by atoms with Crippen molar-refractivity contribution in [1.29, 1.82) is 5.26 Å². The largest absolute Gasteiger partial charge is 0.493 e. The van der Waals surface area contributed by atoms with Crippen LogP contribution in [-0.2, 0) is 9.59 Å². The van der Waals surface area contributed by atoms with E-state index in [9.17, 15) is 14.4 Å². The Balaban J connectivity index is 1.67. The van der Waals surface area contributed by atoms with Gasteiger partial charge in [-0.15, -0.1) is 0 Å². The Morgan fingerprint density at radius 1 is 1.15 bits per heavy atom. The van der Waals surface area contributed by atoms with E-state index in [1.54, 1.807) is 30.3 Å². The van der Waals surface area contributed by atoms with Gasteiger partial charge in [-0.05, 0) is 79.1 Å². The van der Waals surface area contributed by atoms with Gasteiger partial charge in [-0.2, -0.15) is 5.26 Å². The number of methoxy groups -OCH3 is 1. The number of nitrogens with one attached hydrogen (secondary N) is 1. The monoisotopic (exact) mass is 479 g/mol. The first-order valence-corrected chi connectivity index (χ1v) is 11.4. The van der Waals surface area contributed by atoms with E-state index in [1.165, 1.54) is 7.11 Å². The number of thioether (sulfide) groups is 1. The van der Waals surface area contributed by atoms with Gasteiger partial charge in [-0.3, -0.25) is 19.3 Å². The van der Waals surface area contributed by atoms with Crippen molar-refractivity contribution < 1.29 is 23.9 Å². The first kappa shape index (κ1) is 24.9. The number of carbonyl (C=O) groups is 3. The third kappa shape index (κ3) is 6.17. The van der Waals surface area contributed by atoms with E-state index >= 15 is 0 Å². The molecule has 9 heteroatoms. The zero-order chi connectivity index (χ0) is 24.7. The maximum Gasteiger partial charge on any atom is 0.294 e. The van der Waals surface area contributed by atoms with Crippen molar-refractivity contribution >= 4 is 40.6 Å². The van der Waals surface area contributed by atoms with Gasteiger partial charge in [-0.1, -0.05) is 12.1 Å². The molecule has 0 spiro atoms. The van der Waals surface area contributed by atoms with E-state index in [2.05, 4.69) is 11.4 Å². The second-order valence-electron chi connectivity index (χ2n) is 7.64. The van der Waals surface area contributed by atoms with Gasteiger partial charge in [-0.25, -0.2) is 0 Å². The van der Waals surface area contributed by atoms with E-state index in [4.69, 9.17) is 14.7 Å². The molecule has 0 unspecified atom stereocenters. The van der Waals surface area contributed by atoms with Gasteiger partial charge in [0.25, 0.3) is 11.1 Å². The molecule has 0 atom stereocenters. The molecule has 1 aliphatic rings. The molecule has 1 saturated heterocycles. The van der Waals surface area contributed by atoms with Gasteiger partial charge in [0.15, 0.2) is 11.5 Å². The van der Waals surface area contributed by atoms with Crippen LogP contribution in [0.5, 0.6) is 11.5 Å². The molecule has 0 saturated carbocycles. The summed E-state index contributed by atoms with van der Waals surface area (Å²) in [5, 5.41) is 10.8.